The molecule has 4 rings (SSSR count). The third-order valence-corrected chi connectivity index (χ3v) is 7.38. The smallest absolute Gasteiger partial charge is 0.312 e. The van der Waals surface area contributed by atoms with Gasteiger partial charge in [0.15, 0.2) is 0 Å². The van der Waals surface area contributed by atoms with Crippen LogP contribution >= 0.6 is 0 Å². The first-order valence-corrected chi connectivity index (χ1v) is 12.1. The molecule has 1 spiro atoms. The van der Waals surface area contributed by atoms with Gasteiger partial charge in [-0.1, -0.05) is 18.2 Å². The number of fused-ring (bicyclic) bond motifs is 1. The van der Waals surface area contributed by atoms with E-state index in [0.717, 1.165) is 16.8 Å². The van der Waals surface area contributed by atoms with Gasteiger partial charge in [0.25, 0.3) is 5.91 Å². The van der Waals surface area contributed by atoms with E-state index in [1.165, 1.54) is 4.90 Å². The number of esters is 1. The summed E-state index contributed by atoms with van der Waals surface area (Å²) in [5.74, 6) is -2.45. The standard InChI is InChI=1S/C26H34N2O6/c1-5-12-27(18-15-16(3)8-9-17(18)4)24(31)22-26-11-10-19(34-26)20(25(32)33-6-2)21(26)23(30)28(22)13-7-14-29/h5,8-9,15,19-22,29H,1,6-7,10-14H2,2-4H3/t19-,20+,21+,22?,26?/m1/s1. The van der Waals surface area contributed by atoms with Gasteiger partial charge in [-0.2, -0.15) is 0 Å². The minimum absolute atomic E-state index is 0.111. The first-order chi connectivity index (χ1) is 16.3. The van der Waals surface area contributed by atoms with Gasteiger partial charge >= 0.3 is 5.97 Å². The zero-order chi connectivity index (χ0) is 24.6. The maximum Gasteiger partial charge on any atom is 0.312 e. The molecule has 3 saturated heterocycles. The van der Waals surface area contributed by atoms with Crippen molar-refractivity contribution < 1.29 is 29.0 Å². The van der Waals surface area contributed by atoms with Gasteiger partial charge in [0.05, 0.1) is 24.5 Å². The summed E-state index contributed by atoms with van der Waals surface area (Å²) in [4.78, 5) is 44.0. The number of aryl methyl sites for hydroxylation is 2. The number of hydrogen-bond acceptors (Lipinski definition) is 6. The molecular formula is C26H34N2O6. The van der Waals surface area contributed by atoms with E-state index in [1.54, 1.807) is 17.9 Å². The molecule has 8 nitrogen and oxygen atoms in total. The number of amides is 2. The molecule has 5 atom stereocenters. The van der Waals surface area contributed by atoms with Gasteiger partial charge in [-0.05, 0) is 57.2 Å². The number of rotatable bonds is 9. The second-order valence-corrected chi connectivity index (χ2v) is 9.44. The monoisotopic (exact) mass is 470 g/mol. The van der Waals surface area contributed by atoms with E-state index >= 15 is 0 Å². The van der Waals surface area contributed by atoms with Crippen molar-refractivity contribution in [2.75, 3.05) is 31.2 Å². The van der Waals surface area contributed by atoms with Crippen LogP contribution in [0.3, 0.4) is 0 Å². The number of carbonyl (C=O) groups excluding carboxylic acids is 3. The average Bonchev–Trinajstić information content (AvgIpc) is 3.45. The Bertz CT molecular complexity index is 994. The molecule has 184 valence electrons. The van der Waals surface area contributed by atoms with E-state index in [1.807, 2.05) is 32.0 Å². The summed E-state index contributed by atoms with van der Waals surface area (Å²) in [6.45, 7) is 10.1. The molecule has 2 bridgehead atoms. The number of likely N-dealkylation sites (tertiary alicyclic amines) is 1. The maximum atomic E-state index is 14.3. The van der Waals surface area contributed by atoms with E-state index < -0.39 is 35.6 Å². The van der Waals surface area contributed by atoms with Crippen LogP contribution in [-0.2, 0) is 23.9 Å². The van der Waals surface area contributed by atoms with Gasteiger partial charge in [-0.15, -0.1) is 6.58 Å². The summed E-state index contributed by atoms with van der Waals surface area (Å²) in [6, 6.07) is 5.02. The Hall–Kier alpha value is -2.71. The molecule has 1 aromatic carbocycles. The highest BCUT2D eigenvalue weighted by molar-refractivity contribution is 6.05. The number of nitrogens with zero attached hydrogens (tertiary/aromatic N) is 2. The number of hydrogen-bond donors (Lipinski definition) is 1. The molecule has 34 heavy (non-hydrogen) atoms. The van der Waals surface area contributed by atoms with Crippen LogP contribution in [0, 0.1) is 25.7 Å². The van der Waals surface area contributed by atoms with Crippen molar-refractivity contribution in [3.63, 3.8) is 0 Å². The summed E-state index contributed by atoms with van der Waals surface area (Å²) >= 11 is 0. The lowest BCUT2D eigenvalue weighted by molar-refractivity contribution is -0.154. The molecule has 1 aromatic rings. The summed E-state index contributed by atoms with van der Waals surface area (Å²) in [6.07, 6.45) is 2.67. The predicted octanol–water partition coefficient (Wildman–Crippen LogP) is 2.14. The third kappa shape index (κ3) is 3.73. The number of aliphatic hydroxyl groups is 1. The van der Waals surface area contributed by atoms with Crippen molar-refractivity contribution >= 4 is 23.5 Å². The maximum absolute atomic E-state index is 14.3. The summed E-state index contributed by atoms with van der Waals surface area (Å²) in [7, 11) is 0. The fourth-order valence-corrected chi connectivity index (χ4v) is 6.01. The van der Waals surface area contributed by atoms with E-state index in [2.05, 4.69) is 6.58 Å². The van der Waals surface area contributed by atoms with Crippen LogP contribution in [-0.4, -0.2) is 71.8 Å². The number of aliphatic hydroxyl groups excluding tert-OH is 1. The molecule has 1 N–H and O–H groups in total. The van der Waals surface area contributed by atoms with Crippen molar-refractivity contribution in [3.8, 4) is 0 Å². The van der Waals surface area contributed by atoms with E-state index in [4.69, 9.17) is 9.47 Å². The molecule has 0 aliphatic carbocycles. The van der Waals surface area contributed by atoms with Crippen molar-refractivity contribution in [2.45, 2.75) is 57.8 Å². The zero-order valence-corrected chi connectivity index (χ0v) is 20.2. The lowest BCUT2D eigenvalue weighted by Crippen LogP contribution is -2.56. The SMILES string of the molecule is C=CCN(C(=O)C1N(CCCO)C(=O)[C@@H]2[C@@H](C(=O)OCC)[C@H]3CCC12O3)c1cc(C)ccc1C. The second-order valence-electron chi connectivity index (χ2n) is 9.44. The van der Waals surface area contributed by atoms with Crippen molar-refractivity contribution in [3.05, 3.63) is 42.0 Å². The lowest BCUT2D eigenvalue weighted by atomic mass is 9.70. The summed E-state index contributed by atoms with van der Waals surface area (Å²) in [5.41, 5.74) is 1.62. The van der Waals surface area contributed by atoms with Crippen LogP contribution in [0.25, 0.3) is 0 Å². The molecule has 0 radical (unpaired) electrons. The Morgan fingerprint density at radius 2 is 2.15 bits per heavy atom. The molecule has 0 saturated carbocycles. The van der Waals surface area contributed by atoms with Gasteiger partial charge in [0, 0.05) is 25.4 Å². The normalized spacial score (nSPS) is 29.3. The van der Waals surface area contributed by atoms with Gasteiger partial charge < -0.3 is 24.4 Å². The Morgan fingerprint density at radius 1 is 1.38 bits per heavy atom. The first-order valence-electron chi connectivity index (χ1n) is 12.1. The predicted molar refractivity (Wildman–Crippen MR) is 126 cm³/mol. The number of carbonyl (C=O) groups is 3. The average molecular weight is 471 g/mol. The van der Waals surface area contributed by atoms with Crippen LogP contribution in [0.4, 0.5) is 5.69 Å². The molecule has 8 heteroatoms. The van der Waals surface area contributed by atoms with Crippen LogP contribution < -0.4 is 4.90 Å². The van der Waals surface area contributed by atoms with Crippen LogP contribution in [0.2, 0.25) is 0 Å². The van der Waals surface area contributed by atoms with E-state index in [-0.39, 0.29) is 38.1 Å². The van der Waals surface area contributed by atoms with E-state index in [9.17, 15) is 19.5 Å². The summed E-state index contributed by atoms with van der Waals surface area (Å²) in [5, 5.41) is 9.47. The van der Waals surface area contributed by atoms with E-state index in [0.29, 0.717) is 19.3 Å². The number of ether oxygens (including phenoxy) is 2. The quantitative estimate of drug-likeness (QED) is 0.439. The fraction of sp³-hybridized carbons (Fsp3) is 0.577. The van der Waals surface area contributed by atoms with Crippen molar-refractivity contribution in [2.24, 2.45) is 11.8 Å². The second kappa shape index (κ2) is 9.50. The molecule has 3 fully saturated rings. The largest absolute Gasteiger partial charge is 0.466 e. The Morgan fingerprint density at radius 3 is 2.82 bits per heavy atom. The molecule has 3 aliphatic heterocycles. The molecule has 0 aromatic heterocycles. The number of anilines is 1. The highest BCUT2D eigenvalue weighted by atomic mass is 16.6. The molecule has 2 unspecified atom stereocenters. The Labute approximate surface area is 200 Å². The Balaban J connectivity index is 1.78. The van der Waals surface area contributed by atoms with Crippen molar-refractivity contribution in [1.29, 1.82) is 0 Å². The highest BCUT2D eigenvalue weighted by Gasteiger charge is 2.75. The van der Waals surface area contributed by atoms with Gasteiger partial charge in [0.1, 0.15) is 11.6 Å². The van der Waals surface area contributed by atoms with Gasteiger partial charge in [-0.3, -0.25) is 14.4 Å². The van der Waals surface area contributed by atoms with Crippen LogP contribution in [0.1, 0.15) is 37.3 Å². The highest BCUT2D eigenvalue weighted by Crippen LogP contribution is 2.59. The van der Waals surface area contributed by atoms with Crippen molar-refractivity contribution in [1.82, 2.24) is 4.90 Å². The fourth-order valence-electron chi connectivity index (χ4n) is 6.01. The minimum Gasteiger partial charge on any atom is -0.466 e. The minimum atomic E-state index is -1.08. The topological polar surface area (TPSA) is 96.4 Å². The van der Waals surface area contributed by atoms with Crippen LogP contribution in [0.15, 0.2) is 30.9 Å². The zero-order valence-electron chi connectivity index (χ0n) is 20.2. The molecule has 2 amide bonds. The Kier molecular flexibility index (Phi) is 6.82. The molecule has 3 aliphatic rings. The number of benzene rings is 1. The molecule has 3 heterocycles. The summed E-state index contributed by atoms with van der Waals surface area (Å²) < 4.78 is 11.7. The van der Waals surface area contributed by atoms with Gasteiger partial charge in [-0.25, -0.2) is 0 Å². The van der Waals surface area contributed by atoms with Crippen LogP contribution in [0.5, 0.6) is 0 Å². The third-order valence-electron chi connectivity index (χ3n) is 7.38. The lowest BCUT2D eigenvalue weighted by Gasteiger charge is -2.37. The first kappa shape index (κ1) is 24.4. The van der Waals surface area contributed by atoms with Gasteiger partial charge in [0.2, 0.25) is 5.91 Å². The molecular weight excluding hydrogens is 436 g/mol.